The normalized spacial score (nSPS) is 11.0. The maximum Gasteiger partial charge on any atom is 0.243 e. The van der Waals surface area contributed by atoms with Crippen LogP contribution in [0.4, 0.5) is 0 Å². The zero-order chi connectivity index (χ0) is 39.4. The van der Waals surface area contributed by atoms with Gasteiger partial charge in [0.15, 0.2) is 0 Å². The van der Waals surface area contributed by atoms with Gasteiger partial charge in [-0.15, -0.1) is 0 Å². The van der Waals surface area contributed by atoms with E-state index in [2.05, 4.69) is 125 Å². The molecule has 3 aromatic heterocycles. The van der Waals surface area contributed by atoms with Crippen LogP contribution in [0.15, 0.2) is 56.2 Å². The summed E-state index contributed by atoms with van der Waals surface area (Å²) in [6.07, 6.45) is 52.8. The number of nitrogens with zero attached hydrogens (tertiary/aromatic N) is 6. The molecule has 308 valence electrons. The fourth-order valence-corrected chi connectivity index (χ4v) is 6.19. The highest BCUT2D eigenvalue weighted by Gasteiger charge is 2.01. The van der Waals surface area contributed by atoms with E-state index < -0.39 is 7.82 Å². The van der Waals surface area contributed by atoms with Gasteiger partial charge in [-0.3, -0.25) is 0 Å². The molecule has 0 aliphatic carbocycles. The third-order valence-electron chi connectivity index (χ3n) is 9.28. The first-order valence-corrected chi connectivity index (χ1v) is 22.7. The van der Waals surface area contributed by atoms with Gasteiger partial charge >= 0.3 is 0 Å². The highest BCUT2D eigenvalue weighted by atomic mass is 31.2. The first-order valence-electron chi connectivity index (χ1n) is 21.2. The molecule has 0 saturated heterocycles. The molecule has 0 aliphatic rings. The Kier molecular flexibility index (Phi) is 33.9. The van der Waals surface area contributed by atoms with Crippen molar-refractivity contribution in [3.63, 3.8) is 0 Å². The molecule has 10 nitrogen and oxygen atoms in total. The van der Waals surface area contributed by atoms with E-state index in [4.69, 9.17) is 19.2 Å². The lowest BCUT2D eigenvalue weighted by atomic mass is 10.1. The van der Waals surface area contributed by atoms with Crippen molar-refractivity contribution in [2.45, 2.75) is 195 Å². The van der Waals surface area contributed by atoms with Crippen molar-refractivity contribution >= 4 is 7.82 Å². The molecule has 0 aromatic carbocycles. The highest BCUT2D eigenvalue weighted by Crippen LogP contribution is 2.11. The number of unbranched alkanes of at least 4 members (excludes halogenated alkanes) is 21. The third kappa shape index (κ3) is 37.8. The number of hydrogen-bond acceptors (Lipinski definition) is 4. The van der Waals surface area contributed by atoms with Crippen LogP contribution in [0.2, 0.25) is 0 Å². The van der Waals surface area contributed by atoms with Crippen LogP contribution in [0.5, 0.6) is 0 Å². The fraction of sp³-hybridized carbons (Fsp3) is 0.786. The molecule has 0 fully saturated rings. The number of aromatic nitrogens is 6. The summed E-state index contributed by atoms with van der Waals surface area (Å²) in [4.78, 5) is 25.6. The Labute approximate surface area is 325 Å². The maximum absolute atomic E-state index is 8.55. The second kappa shape index (κ2) is 35.4. The summed E-state index contributed by atoms with van der Waals surface area (Å²) in [7, 11) is 0.832. The molecule has 11 heteroatoms. The first kappa shape index (κ1) is 50.7. The molecule has 3 rings (SSSR count). The van der Waals surface area contributed by atoms with Gasteiger partial charge in [0, 0.05) is 0 Å². The molecule has 3 heterocycles. The van der Waals surface area contributed by atoms with Gasteiger partial charge in [0.25, 0.3) is 0 Å². The molecule has 0 bridgehead atoms. The molecule has 53 heavy (non-hydrogen) atoms. The Morgan fingerprint density at radius 1 is 0.396 bits per heavy atom. The standard InChI is InChI=1S/3C14H27N2.H3O4P/c3*1-3-4-5-6-7-8-9-10-11-16-13-12-15(2)14-16;1-5(2,3)4/h3*12-14H,3-11H2,1-2H3;(H3,1,2,3,4)/q3*+1;/p-3. The van der Waals surface area contributed by atoms with Gasteiger partial charge in [0.1, 0.15) is 37.2 Å². The Morgan fingerprint density at radius 3 is 0.755 bits per heavy atom. The zero-order valence-electron chi connectivity index (χ0n) is 35.1. The Hall–Kier alpha value is -2.26. The summed E-state index contributed by atoms with van der Waals surface area (Å²) in [5, 5.41) is 0. The van der Waals surface area contributed by atoms with Crippen LogP contribution in [-0.2, 0) is 45.3 Å². The monoisotopic (exact) mass is 765 g/mol. The Balaban J connectivity index is 0.000000718. The van der Waals surface area contributed by atoms with E-state index in [0.29, 0.717) is 0 Å². The lowest BCUT2D eigenvalue weighted by molar-refractivity contribution is -0.671. The van der Waals surface area contributed by atoms with Crippen molar-refractivity contribution in [1.82, 2.24) is 13.7 Å². The van der Waals surface area contributed by atoms with E-state index in [1.165, 1.54) is 174 Å². The van der Waals surface area contributed by atoms with Gasteiger partial charge in [-0.1, -0.05) is 136 Å². The van der Waals surface area contributed by atoms with Crippen LogP contribution < -0.4 is 28.4 Å². The van der Waals surface area contributed by atoms with Gasteiger partial charge in [-0.25, -0.2) is 27.4 Å². The van der Waals surface area contributed by atoms with Crippen molar-refractivity contribution < 1.29 is 32.9 Å². The predicted octanol–water partition coefficient (Wildman–Crippen LogP) is 7.54. The maximum atomic E-state index is 8.55. The van der Waals surface area contributed by atoms with Crippen LogP contribution in [0.3, 0.4) is 0 Å². The van der Waals surface area contributed by atoms with E-state index in [1.807, 2.05) is 0 Å². The van der Waals surface area contributed by atoms with Crippen LogP contribution in [0.1, 0.15) is 175 Å². The van der Waals surface area contributed by atoms with Crippen molar-refractivity contribution in [3.05, 3.63) is 56.2 Å². The van der Waals surface area contributed by atoms with Crippen molar-refractivity contribution in [1.29, 1.82) is 0 Å². The molecule has 0 atom stereocenters. The second-order valence-electron chi connectivity index (χ2n) is 14.8. The highest BCUT2D eigenvalue weighted by molar-refractivity contribution is 7.40. The first-order chi connectivity index (χ1) is 25.5. The Morgan fingerprint density at radius 2 is 0.585 bits per heavy atom. The summed E-state index contributed by atoms with van der Waals surface area (Å²) in [5.41, 5.74) is 0. The van der Waals surface area contributed by atoms with E-state index in [9.17, 15) is 0 Å². The quantitative estimate of drug-likeness (QED) is 0.0454. The summed E-state index contributed by atoms with van der Waals surface area (Å²) < 4.78 is 21.7. The van der Waals surface area contributed by atoms with Crippen LogP contribution >= 0.6 is 7.82 Å². The smallest absolute Gasteiger partial charge is 0.243 e. The van der Waals surface area contributed by atoms with Crippen LogP contribution in [-0.4, -0.2) is 13.7 Å². The fourth-order valence-electron chi connectivity index (χ4n) is 6.19. The minimum atomic E-state index is -5.39. The minimum Gasteiger partial charge on any atom is -0.822 e. The summed E-state index contributed by atoms with van der Waals surface area (Å²) in [5.74, 6) is 0. The van der Waals surface area contributed by atoms with E-state index in [0.717, 1.165) is 0 Å². The van der Waals surface area contributed by atoms with Gasteiger partial charge < -0.3 is 19.2 Å². The lowest BCUT2D eigenvalue weighted by Crippen LogP contribution is -2.24. The van der Waals surface area contributed by atoms with Gasteiger partial charge in [0.05, 0.1) is 40.8 Å². The SMILES string of the molecule is CCCCCCCCCCn1cc[n+](C)c1.CCCCCCCCCCn1cc[n+](C)c1.CCCCCCCCCCn1cc[n+](C)c1.O=P([O-])([O-])[O-]. The molecular weight excluding hydrogens is 683 g/mol. The molecule has 0 spiro atoms. The van der Waals surface area contributed by atoms with E-state index in [-0.39, 0.29) is 0 Å². The van der Waals surface area contributed by atoms with Crippen LogP contribution in [0.25, 0.3) is 0 Å². The molecule has 0 N–H and O–H groups in total. The minimum absolute atomic E-state index is 1.18. The molecule has 0 radical (unpaired) electrons. The van der Waals surface area contributed by atoms with Crippen LogP contribution in [0, 0.1) is 0 Å². The molecule has 0 amide bonds. The number of hydrogen-bond donors (Lipinski definition) is 0. The number of rotatable bonds is 27. The van der Waals surface area contributed by atoms with Gasteiger partial charge in [-0.2, -0.15) is 7.82 Å². The number of phosphoric acid groups is 1. The second-order valence-corrected chi connectivity index (χ2v) is 15.7. The van der Waals surface area contributed by atoms with Crippen molar-refractivity contribution in [2.75, 3.05) is 0 Å². The predicted molar refractivity (Wildman–Crippen MR) is 212 cm³/mol. The third-order valence-corrected chi connectivity index (χ3v) is 9.28. The van der Waals surface area contributed by atoms with Gasteiger partial charge in [-0.05, 0) is 38.5 Å². The number of aryl methyl sites for hydroxylation is 6. The number of imidazole rings is 3. The molecule has 0 saturated carbocycles. The van der Waals surface area contributed by atoms with Gasteiger partial charge in [0.2, 0.25) is 19.0 Å². The molecule has 0 unspecified atom stereocenters. The average molecular weight is 765 g/mol. The average Bonchev–Trinajstić information content (AvgIpc) is 3.85. The molecule has 3 aromatic rings. The topological polar surface area (TPSA) is 113 Å². The Bertz CT molecular complexity index is 1100. The molecule has 0 aliphatic heterocycles. The van der Waals surface area contributed by atoms with Crippen molar-refractivity contribution in [3.8, 4) is 0 Å². The zero-order valence-corrected chi connectivity index (χ0v) is 35.9. The summed E-state index contributed by atoms with van der Waals surface area (Å²) in [6, 6.07) is 0. The summed E-state index contributed by atoms with van der Waals surface area (Å²) >= 11 is 0. The van der Waals surface area contributed by atoms with Crippen molar-refractivity contribution in [2.24, 2.45) is 21.1 Å². The lowest BCUT2D eigenvalue weighted by Gasteiger charge is -2.36. The van der Waals surface area contributed by atoms with E-state index in [1.54, 1.807) is 0 Å². The summed E-state index contributed by atoms with van der Waals surface area (Å²) in [6.45, 7) is 10.4. The molecular formula is C42H81N6O4P. The largest absolute Gasteiger partial charge is 0.822 e. The van der Waals surface area contributed by atoms with E-state index >= 15 is 0 Å².